The summed E-state index contributed by atoms with van der Waals surface area (Å²) in [5.74, 6) is 0. The number of methoxy groups -OCH3 is 1. The Balaban J connectivity index is 2.52. The summed E-state index contributed by atoms with van der Waals surface area (Å²) < 4.78 is 11.0. The van der Waals surface area contributed by atoms with Crippen LogP contribution in [0, 0.1) is 11.3 Å². The number of nitrogens with zero attached hydrogens (tertiary/aromatic N) is 1. The lowest BCUT2D eigenvalue weighted by molar-refractivity contribution is -0.0819. The molecule has 0 aromatic carbocycles. The van der Waals surface area contributed by atoms with Crippen LogP contribution >= 0.6 is 0 Å². The van der Waals surface area contributed by atoms with E-state index in [2.05, 4.69) is 25.7 Å². The largest absolute Gasteiger partial charge is 0.400 e. The van der Waals surface area contributed by atoms with Crippen LogP contribution in [0.1, 0.15) is 12.8 Å². The molecular weight excluding hydrogens is 182 g/mol. The van der Waals surface area contributed by atoms with E-state index in [1.807, 2.05) is 0 Å². The fourth-order valence-electron chi connectivity index (χ4n) is 1.63. The molecule has 1 rings (SSSR count). The van der Waals surface area contributed by atoms with Gasteiger partial charge in [0.2, 0.25) is 0 Å². The molecule has 0 heterocycles. The molecule has 4 heteroatoms. The fraction of sp³-hybridized carbons (Fsp3) is 0.889. The lowest BCUT2D eigenvalue weighted by Crippen LogP contribution is -2.53. The maximum absolute atomic E-state index is 9.00. The third-order valence-electron chi connectivity index (χ3n) is 2.15. The van der Waals surface area contributed by atoms with Gasteiger partial charge in [-0.05, 0) is 19.6 Å². The van der Waals surface area contributed by atoms with Crippen LogP contribution in [0.25, 0.3) is 0 Å². The molecule has 0 saturated heterocycles. The Bertz CT molecular complexity index is 223. The Labute approximate surface area is 80.8 Å². The van der Waals surface area contributed by atoms with Gasteiger partial charge in [0.15, 0.2) is 8.32 Å². The van der Waals surface area contributed by atoms with E-state index < -0.39 is 13.9 Å². The Morgan fingerprint density at radius 2 is 1.92 bits per heavy atom. The topological polar surface area (TPSA) is 42.2 Å². The lowest BCUT2D eigenvalue weighted by atomic mass is 9.79. The van der Waals surface area contributed by atoms with E-state index in [-0.39, 0.29) is 6.10 Å². The average Bonchev–Trinajstić information content (AvgIpc) is 1.94. The second kappa shape index (κ2) is 3.41. The van der Waals surface area contributed by atoms with Crippen molar-refractivity contribution < 1.29 is 9.16 Å². The summed E-state index contributed by atoms with van der Waals surface area (Å²) >= 11 is 0. The van der Waals surface area contributed by atoms with Gasteiger partial charge < -0.3 is 9.16 Å². The number of ether oxygens (including phenoxy) is 1. The number of rotatable bonds is 3. The zero-order valence-electron chi connectivity index (χ0n) is 8.76. The smallest absolute Gasteiger partial charge is 0.185 e. The van der Waals surface area contributed by atoms with E-state index in [1.54, 1.807) is 7.11 Å². The van der Waals surface area contributed by atoms with Gasteiger partial charge in [-0.2, -0.15) is 5.26 Å². The molecule has 3 nitrogen and oxygen atoms in total. The van der Waals surface area contributed by atoms with Crippen molar-refractivity contribution in [2.75, 3.05) is 7.11 Å². The van der Waals surface area contributed by atoms with Gasteiger partial charge in [0.05, 0.1) is 12.2 Å². The van der Waals surface area contributed by atoms with Gasteiger partial charge in [0.25, 0.3) is 0 Å². The summed E-state index contributed by atoms with van der Waals surface area (Å²) in [6.45, 7) is 6.31. The molecule has 0 aromatic rings. The first kappa shape index (κ1) is 10.7. The van der Waals surface area contributed by atoms with E-state index >= 15 is 0 Å². The van der Waals surface area contributed by atoms with Gasteiger partial charge in [-0.25, -0.2) is 0 Å². The maximum atomic E-state index is 9.00. The summed E-state index contributed by atoms with van der Waals surface area (Å²) in [7, 11) is 0.0773. The average molecular weight is 199 g/mol. The van der Waals surface area contributed by atoms with E-state index in [0.717, 1.165) is 12.8 Å². The van der Waals surface area contributed by atoms with Crippen LogP contribution in [-0.2, 0) is 9.16 Å². The predicted octanol–water partition coefficient (Wildman–Crippen LogP) is 1.91. The summed E-state index contributed by atoms with van der Waals surface area (Å²) in [5, 5.41) is 9.00. The van der Waals surface area contributed by atoms with Crippen LogP contribution in [0.3, 0.4) is 0 Å². The Morgan fingerprint density at radius 1 is 1.38 bits per heavy atom. The molecule has 74 valence electrons. The molecule has 0 unspecified atom stereocenters. The molecule has 0 spiro atoms. The molecule has 0 N–H and O–H groups in total. The highest BCUT2D eigenvalue weighted by Gasteiger charge is 2.48. The highest BCUT2D eigenvalue weighted by molar-refractivity contribution is 6.69. The van der Waals surface area contributed by atoms with Crippen LogP contribution in [0.15, 0.2) is 0 Å². The first-order valence-electron chi connectivity index (χ1n) is 4.55. The molecule has 0 aliphatic heterocycles. The third kappa shape index (κ3) is 2.53. The molecule has 1 saturated carbocycles. The lowest BCUT2D eigenvalue weighted by Gasteiger charge is -2.44. The quantitative estimate of drug-likeness (QED) is 0.652. The molecule has 1 aliphatic carbocycles. The van der Waals surface area contributed by atoms with Crippen molar-refractivity contribution in [1.82, 2.24) is 0 Å². The van der Waals surface area contributed by atoms with Crippen molar-refractivity contribution in [1.29, 1.82) is 5.26 Å². The minimum Gasteiger partial charge on any atom is -0.400 e. The predicted molar refractivity (Wildman–Crippen MR) is 52.8 cm³/mol. The van der Waals surface area contributed by atoms with E-state index in [0.29, 0.717) is 0 Å². The highest BCUT2D eigenvalue weighted by Crippen LogP contribution is 2.39. The van der Waals surface area contributed by atoms with Crippen LogP contribution in [0.2, 0.25) is 19.6 Å². The van der Waals surface area contributed by atoms with Gasteiger partial charge in [0, 0.05) is 20.0 Å². The first-order valence-corrected chi connectivity index (χ1v) is 7.96. The van der Waals surface area contributed by atoms with Crippen LogP contribution in [0.4, 0.5) is 0 Å². The summed E-state index contributed by atoms with van der Waals surface area (Å²) in [6, 6.07) is 2.27. The zero-order valence-corrected chi connectivity index (χ0v) is 9.76. The minimum atomic E-state index is -1.60. The monoisotopic (exact) mass is 199 g/mol. The Morgan fingerprint density at radius 3 is 2.23 bits per heavy atom. The summed E-state index contributed by atoms with van der Waals surface area (Å²) in [6.07, 6.45) is 1.67. The molecule has 0 radical (unpaired) electrons. The van der Waals surface area contributed by atoms with Crippen molar-refractivity contribution in [3.05, 3.63) is 0 Å². The van der Waals surface area contributed by atoms with Gasteiger partial charge in [-0.1, -0.05) is 0 Å². The molecular formula is C9H17NO2Si. The second-order valence-corrected chi connectivity index (χ2v) is 9.02. The molecule has 0 bridgehead atoms. The minimum absolute atomic E-state index is 0.219. The maximum Gasteiger partial charge on any atom is 0.185 e. The van der Waals surface area contributed by atoms with Crippen molar-refractivity contribution in [3.63, 3.8) is 0 Å². The normalized spacial score (nSPS) is 33.6. The molecule has 1 aliphatic rings. The van der Waals surface area contributed by atoms with E-state index in [1.165, 1.54) is 0 Å². The summed E-state index contributed by atoms with van der Waals surface area (Å²) in [4.78, 5) is 0. The Kier molecular flexibility index (Phi) is 2.81. The third-order valence-corrected chi connectivity index (χ3v) is 3.16. The van der Waals surface area contributed by atoms with Crippen LogP contribution in [0.5, 0.6) is 0 Å². The number of nitriles is 1. The van der Waals surface area contributed by atoms with E-state index in [9.17, 15) is 0 Å². The molecule has 0 aromatic heterocycles. The van der Waals surface area contributed by atoms with Gasteiger partial charge in [0.1, 0.15) is 5.60 Å². The van der Waals surface area contributed by atoms with Crippen LogP contribution in [-0.4, -0.2) is 27.1 Å². The van der Waals surface area contributed by atoms with Crippen LogP contribution < -0.4 is 0 Å². The van der Waals surface area contributed by atoms with Crippen molar-refractivity contribution >= 4 is 8.32 Å². The van der Waals surface area contributed by atoms with Gasteiger partial charge >= 0.3 is 0 Å². The molecule has 0 amide bonds. The fourth-order valence-corrected chi connectivity index (χ4v) is 3.01. The van der Waals surface area contributed by atoms with Crippen molar-refractivity contribution in [3.8, 4) is 6.07 Å². The van der Waals surface area contributed by atoms with Crippen molar-refractivity contribution in [2.24, 2.45) is 0 Å². The second-order valence-electron chi connectivity index (χ2n) is 4.59. The standard InChI is InChI=1S/C9H17NO2Si/c1-11-8-5-9(6-8,7-10)12-13(2,3)4/h8H,5-6H2,1-4H3. The Hall–Kier alpha value is -0.373. The van der Waals surface area contributed by atoms with Gasteiger partial charge in [-0.15, -0.1) is 0 Å². The summed E-state index contributed by atoms with van der Waals surface area (Å²) in [5.41, 5.74) is -0.537. The van der Waals surface area contributed by atoms with Gasteiger partial charge in [-0.3, -0.25) is 0 Å². The molecule has 1 fully saturated rings. The molecule has 0 atom stereocenters. The first-order chi connectivity index (χ1) is 5.91. The number of hydrogen-bond acceptors (Lipinski definition) is 3. The van der Waals surface area contributed by atoms with E-state index in [4.69, 9.17) is 14.4 Å². The highest BCUT2D eigenvalue weighted by atomic mass is 28.4. The van der Waals surface area contributed by atoms with Crippen molar-refractivity contribution in [2.45, 2.75) is 44.2 Å². The number of hydrogen-bond donors (Lipinski definition) is 0. The SMILES string of the molecule is COC1CC(C#N)(O[Si](C)(C)C)C1. The molecule has 13 heavy (non-hydrogen) atoms. The zero-order chi connectivity index (χ0) is 10.1.